The van der Waals surface area contributed by atoms with Crippen LogP contribution in [0.25, 0.3) is 4.85 Å². The van der Waals surface area contributed by atoms with Crippen molar-refractivity contribution in [1.82, 2.24) is 10.2 Å². The molecule has 2 saturated heterocycles. The monoisotopic (exact) mass is 211 g/mol. The van der Waals surface area contributed by atoms with Gasteiger partial charge in [0.05, 0.1) is 10.6 Å². The maximum atomic E-state index is 11.2. The zero-order valence-electron chi connectivity index (χ0n) is 8.12. The molecule has 0 saturated carbocycles. The van der Waals surface area contributed by atoms with Crippen LogP contribution < -0.4 is 5.32 Å². The number of amides is 1. The normalized spacial score (nSPS) is 36.3. The number of carbonyl (C=O) groups is 1. The van der Waals surface area contributed by atoms with E-state index >= 15 is 0 Å². The van der Waals surface area contributed by atoms with E-state index in [-0.39, 0.29) is 16.9 Å². The van der Waals surface area contributed by atoms with Gasteiger partial charge in [0, 0.05) is 20.0 Å². The second kappa shape index (κ2) is 3.44. The number of nitrogens with one attached hydrogen (secondary N) is 1. The molecule has 1 amide bonds. The Balaban J connectivity index is 2.01. The van der Waals surface area contributed by atoms with Crippen molar-refractivity contribution in [3.63, 3.8) is 0 Å². The van der Waals surface area contributed by atoms with Gasteiger partial charge >= 0.3 is 0 Å². The van der Waals surface area contributed by atoms with Crippen molar-refractivity contribution in [2.75, 3.05) is 18.8 Å². The molecule has 2 atom stereocenters. The van der Waals surface area contributed by atoms with Gasteiger partial charge in [0.25, 0.3) is 6.17 Å². The molecular weight excluding hydrogens is 198 g/mol. The molecule has 0 bridgehead atoms. The highest BCUT2D eigenvalue weighted by molar-refractivity contribution is 8.01. The topological polar surface area (TPSA) is 36.7 Å². The van der Waals surface area contributed by atoms with E-state index in [9.17, 15) is 4.79 Å². The molecule has 0 aliphatic carbocycles. The highest BCUT2D eigenvalue weighted by Gasteiger charge is 2.47. The zero-order valence-corrected chi connectivity index (χ0v) is 8.93. The molecule has 2 fully saturated rings. The Morgan fingerprint density at radius 2 is 2.57 bits per heavy atom. The van der Waals surface area contributed by atoms with E-state index in [4.69, 9.17) is 6.57 Å². The highest BCUT2D eigenvalue weighted by Crippen LogP contribution is 2.38. The lowest BCUT2D eigenvalue weighted by Gasteiger charge is -2.21. The van der Waals surface area contributed by atoms with Crippen LogP contribution in [0.4, 0.5) is 0 Å². The molecule has 1 spiro atoms. The van der Waals surface area contributed by atoms with Crippen LogP contribution in [0.1, 0.15) is 13.3 Å². The average molecular weight is 211 g/mol. The van der Waals surface area contributed by atoms with Crippen LogP contribution >= 0.6 is 11.8 Å². The quantitative estimate of drug-likeness (QED) is 0.593. The Morgan fingerprint density at radius 3 is 3.07 bits per heavy atom. The zero-order chi connectivity index (χ0) is 10.2. The van der Waals surface area contributed by atoms with Gasteiger partial charge < -0.3 is 4.90 Å². The summed E-state index contributed by atoms with van der Waals surface area (Å²) < 4.78 is 0. The predicted molar refractivity (Wildman–Crippen MR) is 55.6 cm³/mol. The number of likely N-dealkylation sites (tertiary alicyclic amines) is 1. The fourth-order valence-corrected chi connectivity index (χ4v) is 3.32. The fourth-order valence-electron chi connectivity index (χ4n) is 1.98. The Bertz CT molecular complexity index is 301. The average Bonchev–Trinajstić information content (AvgIpc) is 2.74. The van der Waals surface area contributed by atoms with E-state index < -0.39 is 0 Å². The standard InChI is InChI=1S/C9H13N3OS/c1-7(13)12-4-3-9(6-12)11-8(10-2)5-14-9/h8,11H,3-6H2,1H3/t8-,9?/m0/s1. The lowest BCUT2D eigenvalue weighted by molar-refractivity contribution is -0.127. The first-order valence-electron chi connectivity index (χ1n) is 4.69. The molecule has 1 unspecified atom stereocenters. The summed E-state index contributed by atoms with van der Waals surface area (Å²) >= 11 is 1.79. The van der Waals surface area contributed by atoms with Gasteiger partial charge in [0.1, 0.15) is 0 Å². The number of rotatable bonds is 0. The molecule has 0 aromatic rings. The first-order valence-corrected chi connectivity index (χ1v) is 5.67. The van der Waals surface area contributed by atoms with E-state index in [2.05, 4.69) is 10.2 Å². The van der Waals surface area contributed by atoms with Gasteiger partial charge in [0.2, 0.25) is 5.91 Å². The van der Waals surface area contributed by atoms with E-state index in [1.807, 2.05) is 4.90 Å². The first kappa shape index (κ1) is 9.81. The van der Waals surface area contributed by atoms with Gasteiger partial charge in [0.15, 0.2) is 0 Å². The SMILES string of the molecule is [C-]#[N+][C@@H]1CSC2(CCN(C(C)=O)C2)N1. The summed E-state index contributed by atoms with van der Waals surface area (Å²) in [5.74, 6) is 0.977. The van der Waals surface area contributed by atoms with Gasteiger partial charge in [-0.1, -0.05) is 0 Å². The fraction of sp³-hybridized carbons (Fsp3) is 0.778. The van der Waals surface area contributed by atoms with Crippen molar-refractivity contribution in [2.45, 2.75) is 24.4 Å². The molecule has 0 radical (unpaired) electrons. The Labute approximate surface area is 87.8 Å². The number of carbonyl (C=O) groups excluding carboxylic acids is 1. The second-order valence-electron chi connectivity index (χ2n) is 3.79. The van der Waals surface area contributed by atoms with Crippen molar-refractivity contribution in [3.05, 3.63) is 11.4 Å². The summed E-state index contributed by atoms with van der Waals surface area (Å²) in [6.45, 7) is 10.1. The Kier molecular flexibility index (Phi) is 2.41. The van der Waals surface area contributed by atoms with Crippen molar-refractivity contribution in [1.29, 1.82) is 0 Å². The van der Waals surface area contributed by atoms with Crippen LogP contribution in [-0.2, 0) is 4.79 Å². The molecule has 4 nitrogen and oxygen atoms in total. The van der Waals surface area contributed by atoms with Crippen molar-refractivity contribution < 1.29 is 4.79 Å². The molecule has 2 aliphatic heterocycles. The van der Waals surface area contributed by atoms with Gasteiger partial charge in [-0.3, -0.25) is 9.64 Å². The lowest BCUT2D eigenvalue weighted by Crippen LogP contribution is -2.43. The predicted octanol–water partition coefficient (Wildman–Crippen LogP) is 0.517. The van der Waals surface area contributed by atoms with Gasteiger partial charge in [-0.25, -0.2) is 11.9 Å². The number of thioether (sulfide) groups is 1. The summed E-state index contributed by atoms with van der Waals surface area (Å²) in [5, 5.41) is 3.32. The number of nitrogens with zero attached hydrogens (tertiary/aromatic N) is 2. The van der Waals surface area contributed by atoms with Gasteiger partial charge in [-0.05, 0) is 6.42 Å². The summed E-state index contributed by atoms with van der Waals surface area (Å²) in [7, 11) is 0. The molecule has 0 aromatic heterocycles. The van der Waals surface area contributed by atoms with E-state index in [0.717, 1.165) is 25.3 Å². The molecule has 2 heterocycles. The van der Waals surface area contributed by atoms with E-state index in [0.29, 0.717) is 0 Å². The number of hydrogen-bond donors (Lipinski definition) is 1. The second-order valence-corrected chi connectivity index (χ2v) is 5.19. The van der Waals surface area contributed by atoms with Crippen LogP contribution in [0.3, 0.4) is 0 Å². The lowest BCUT2D eigenvalue weighted by atomic mass is 10.2. The smallest absolute Gasteiger partial charge is 0.287 e. The van der Waals surface area contributed by atoms with Crippen LogP contribution in [0.2, 0.25) is 0 Å². The van der Waals surface area contributed by atoms with Crippen LogP contribution in [0.15, 0.2) is 0 Å². The third kappa shape index (κ3) is 1.60. The summed E-state index contributed by atoms with van der Waals surface area (Å²) in [6, 6.07) is 0. The molecule has 2 aliphatic rings. The van der Waals surface area contributed by atoms with Crippen LogP contribution in [0, 0.1) is 6.57 Å². The molecule has 2 rings (SSSR count). The molecule has 0 aromatic carbocycles. The van der Waals surface area contributed by atoms with Gasteiger partial charge in [-0.2, -0.15) is 0 Å². The maximum absolute atomic E-state index is 11.2. The first-order chi connectivity index (χ1) is 6.65. The third-order valence-corrected chi connectivity index (χ3v) is 4.27. The van der Waals surface area contributed by atoms with Crippen molar-refractivity contribution in [2.24, 2.45) is 0 Å². The number of hydrogen-bond acceptors (Lipinski definition) is 3. The van der Waals surface area contributed by atoms with E-state index in [1.54, 1.807) is 18.7 Å². The summed E-state index contributed by atoms with van der Waals surface area (Å²) in [6.07, 6.45) is 0.899. The maximum Gasteiger partial charge on any atom is 0.287 e. The largest absolute Gasteiger partial charge is 0.340 e. The van der Waals surface area contributed by atoms with E-state index in [1.165, 1.54) is 0 Å². The third-order valence-electron chi connectivity index (χ3n) is 2.78. The Morgan fingerprint density at radius 1 is 1.79 bits per heavy atom. The van der Waals surface area contributed by atoms with Crippen LogP contribution in [-0.4, -0.2) is 40.7 Å². The molecule has 14 heavy (non-hydrogen) atoms. The minimum Gasteiger partial charge on any atom is -0.340 e. The Hall–Kier alpha value is -0.730. The minimum atomic E-state index is -0.0630. The van der Waals surface area contributed by atoms with Crippen LogP contribution in [0.5, 0.6) is 0 Å². The van der Waals surface area contributed by atoms with Crippen molar-refractivity contribution in [3.8, 4) is 0 Å². The molecule has 5 heteroatoms. The summed E-state index contributed by atoms with van der Waals surface area (Å²) in [5.41, 5.74) is 0. The molecule has 1 N–H and O–H groups in total. The highest BCUT2D eigenvalue weighted by atomic mass is 32.2. The molecule has 76 valence electrons. The minimum absolute atomic E-state index is 0.0269. The molecular formula is C9H13N3OS. The van der Waals surface area contributed by atoms with Crippen molar-refractivity contribution >= 4 is 17.7 Å². The van der Waals surface area contributed by atoms with Gasteiger partial charge in [-0.15, -0.1) is 11.8 Å². The summed E-state index contributed by atoms with van der Waals surface area (Å²) in [4.78, 5) is 16.5.